The zero-order valence-corrected chi connectivity index (χ0v) is 18.2. The van der Waals surface area contributed by atoms with Gasteiger partial charge in [-0.25, -0.2) is 0 Å². The molecule has 5 rings (SSSR count). The molecule has 4 heteroatoms. The molecule has 0 bridgehead atoms. The number of nitrogens with two attached hydrogens (primary N) is 1. The Hall–Kier alpha value is -2.69. The maximum absolute atomic E-state index is 13.6. The number of nitrogens with zero attached hydrogens (tertiary/aromatic N) is 2. The smallest absolute Gasteiger partial charge is 0.241 e. The lowest BCUT2D eigenvalue weighted by atomic mass is 9.83. The predicted molar refractivity (Wildman–Crippen MR) is 126 cm³/mol. The zero-order chi connectivity index (χ0) is 21.4. The monoisotopic (exact) mass is 413 g/mol. The van der Waals surface area contributed by atoms with Crippen molar-refractivity contribution in [3.8, 4) is 0 Å². The summed E-state index contributed by atoms with van der Waals surface area (Å²) in [6, 6.07) is 25.3. The minimum Gasteiger partial charge on any atom is -0.341 e. The van der Waals surface area contributed by atoms with Crippen LogP contribution in [0.5, 0.6) is 0 Å². The van der Waals surface area contributed by atoms with Crippen molar-refractivity contribution in [2.45, 2.75) is 43.8 Å². The molecule has 2 heterocycles. The fourth-order valence-corrected chi connectivity index (χ4v) is 5.55. The molecule has 3 unspecified atom stereocenters. The van der Waals surface area contributed by atoms with E-state index in [-0.39, 0.29) is 18.0 Å². The summed E-state index contributed by atoms with van der Waals surface area (Å²) in [6.45, 7) is 4.61. The first-order valence-corrected chi connectivity index (χ1v) is 11.4. The second-order valence-electron chi connectivity index (χ2n) is 9.18. The van der Waals surface area contributed by atoms with Gasteiger partial charge in [0.05, 0.1) is 0 Å². The van der Waals surface area contributed by atoms with Crippen LogP contribution in [-0.4, -0.2) is 46.9 Å². The molecule has 1 amide bonds. The molecule has 3 aromatic rings. The Morgan fingerprint density at radius 2 is 1.68 bits per heavy atom. The molecule has 4 nitrogen and oxygen atoms in total. The molecule has 0 aromatic heterocycles. The number of hydrogen-bond donors (Lipinski definition) is 1. The quantitative estimate of drug-likeness (QED) is 0.684. The molecular formula is C27H31N3O. The van der Waals surface area contributed by atoms with E-state index in [4.69, 9.17) is 5.73 Å². The number of fused-ring (bicyclic) bond motifs is 2. The highest BCUT2D eigenvalue weighted by atomic mass is 16.2. The summed E-state index contributed by atoms with van der Waals surface area (Å²) >= 11 is 0. The lowest BCUT2D eigenvalue weighted by Crippen LogP contribution is -2.65. The predicted octanol–water partition coefficient (Wildman–Crippen LogP) is 4.15. The van der Waals surface area contributed by atoms with E-state index < -0.39 is 5.54 Å². The number of benzene rings is 3. The summed E-state index contributed by atoms with van der Waals surface area (Å²) in [5, 5.41) is 2.50. The van der Waals surface area contributed by atoms with Gasteiger partial charge in [-0.05, 0) is 48.1 Å². The fourth-order valence-electron chi connectivity index (χ4n) is 5.55. The normalized spacial score (nSPS) is 25.0. The zero-order valence-electron chi connectivity index (χ0n) is 18.2. The van der Waals surface area contributed by atoms with Crippen molar-refractivity contribution < 1.29 is 4.79 Å². The highest BCUT2D eigenvalue weighted by Gasteiger charge is 2.53. The second kappa shape index (κ2) is 8.10. The molecule has 31 heavy (non-hydrogen) atoms. The number of rotatable bonds is 5. The fraction of sp³-hybridized carbons (Fsp3) is 0.370. The van der Waals surface area contributed by atoms with Crippen LogP contribution in [0, 0.1) is 0 Å². The molecule has 0 saturated carbocycles. The van der Waals surface area contributed by atoms with Crippen LogP contribution in [0.4, 0.5) is 0 Å². The van der Waals surface area contributed by atoms with Crippen molar-refractivity contribution >= 4 is 16.7 Å². The van der Waals surface area contributed by atoms with Crippen LogP contribution >= 0.6 is 0 Å². The lowest BCUT2D eigenvalue weighted by Gasteiger charge is -2.44. The number of piperidine rings is 1. The standard InChI is InChI=1S/C27H31N3O/c1-20(23-13-7-11-22-10-5-6-12-24(22)23)30-19-16-27(28)15-18-29(26(31)25(27)30)17-14-21-8-3-2-4-9-21/h2-13,20,25H,14-19,28H2,1H3. The van der Waals surface area contributed by atoms with Gasteiger partial charge in [0.1, 0.15) is 6.04 Å². The van der Waals surface area contributed by atoms with Crippen molar-refractivity contribution in [3.63, 3.8) is 0 Å². The second-order valence-corrected chi connectivity index (χ2v) is 9.18. The van der Waals surface area contributed by atoms with Crippen molar-refractivity contribution in [3.05, 3.63) is 83.9 Å². The van der Waals surface area contributed by atoms with E-state index in [1.807, 2.05) is 11.0 Å². The van der Waals surface area contributed by atoms with E-state index >= 15 is 0 Å². The van der Waals surface area contributed by atoms with Crippen LogP contribution in [0.1, 0.15) is 36.9 Å². The van der Waals surface area contributed by atoms with Crippen LogP contribution < -0.4 is 5.73 Å². The molecule has 0 spiro atoms. The first-order chi connectivity index (χ1) is 15.1. The number of likely N-dealkylation sites (tertiary alicyclic amines) is 2. The molecule has 160 valence electrons. The van der Waals surface area contributed by atoms with E-state index in [9.17, 15) is 4.79 Å². The Bertz CT molecular complexity index is 1080. The van der Waals surface area contributed by atoms with Gasteiger partial charge < -0.3 is 10.6 Å². The minimum atomic E-state index is -0.417. The van der Waals surface area contributed by atoms with Crippen molar-refractivity contribution in [1.29, 1.82) is 0 Å². The van der Waals surface area contributed by atoms with E-state index in [1.165, 1.54) is 21.9 Å². The Labute approximate surface area is 184 Å². The van der Waals surface area contributed by atoms with Crippen LogP contribution in [0.25, 0.3) is 10.8 Å². The molecule has 2 N–H and O–H groups in total. The van der Waals surface area contributed by atoms with Crippen LogP contribution in [0.2, 0.25) is 0 Å². The first-order valence-electron chi connectivity index (χ1n) is 11.4. The highest BCUT2D eigenvalue weighted by molar-refractivity contribution is 5.87. The largest absolute Gasteiger partial charge is 0.341 e. The molecule has 2 aliphatic heterocycles. The average Bonchev–Trinajstić information content (AvgIpc) is 3.17. The van der Waals surface area contributed by atoms with Gasteiger partial charge in [-0.2, -0.15) is 0 Å². The third-order valence-electron chi connectivity index (χ3n) is 7.39. The minimum absolute atomic E-state index is 0.138. The van der Waals surface area contributed by atoms with Gasteiger partial charge in [0.2, 0.25) is 5.91 Å². The van der Waals surface area contributed by atoms with Gasteiger partial charge >= 0.3 is 0 Å². The van der Waals surface area contributed by atoms with Crippen LogP contribution in [0.15, 0.2) is 72.8 Å². The Kier molecular flexibility index (Phi) is 5.28. The summed E-state index contributed by atoms with van der Waals surface area (Å²) in [4.78, 5) is 18.0. The van der Waals surface area contributed by atoms with E-state index in [0.717, 1.165) is 38.9 Å². The Morgan fingerprint density at radius 3 is 2.52 bits per heavy atom. The summed E-state index contributed by atoms with van der Waals surface area (Å²) in [5.74, 6) is 0.203. The summed E-state index contributed by atoms with van der Waals surface area (Å²) < 4.78 is 0. The number of carbonyl (C=O) groups excluding carboxylic acids is 1. The SMILES string of the molecule is CC(c1cccc2ccccc12)N1CCC2(N)CCN(CCc3ccccc3)C(=O)C12. The van der Waals surface area contributed by atoms with E-state index in [1.54, 1.807) is 0 Å². The van der Waals surface area contributed by atoms with Crippen molar-refractivity contribution in [2.24, 2.45) is 5.73 Å². The molecule has 0 radical (unpaired) electrons. The summed E-state index contributed by atoms with van der Waals surface area (Å²) in [5.41, 5.74) is 8.98. The van der Waals surface area contributed by atoms with Gasteiger partial charge in [-0.15, -0.1) is 0 Å². The molecule has 2 aliphatic rings. The summed E-state index contributed by atoms with van der Waals surface area (Å²) in [7, 11) is 0. The molecule has 2 saturated heterocycles. The molecule has 2 fully saturated rings. The molecule has 0 aliphatic carbocycles. The van der Waals surface area contributed by atoms with Crippen LogP contribution in [0.3, 0.4) is 0 Å². The van der Waals surface area contributed by atoms with Crippen LogP contribution in [-0.2, 0) is 11.2 Å². The average molecular weight is 414 g/mol. The van der Waals surface area contributed by atoms with Gasteiger partial charge in [0.25, 0.3) is 0 Å². The maximum atomic E-state index is 13.6. The Balaban J connectivity index is 1.39. The molecule has 3 atom stereocenters. The van der Waals surface area contributed by atoms with Crippen molar-refractivity contribution in [2.75, 3.05) is 19.6 Å². The van der Waals surface area contributed by atoms with E-state index in [0.29, 0.717) is 0 Å². The third-order valence-corrected chi connectivity index (χ3v) is 7.39. The van der Waals surface area contributed by atoms with Crippen molar-refractivity contribution in [1.82, 2.24) is 9.80 Å². The number of carbonyl (C=O) groups is 1. The highest BCUT2D eigenvalue weighted by Crippen LogP contribution is 2.40. The maximum Gasteiger partial charge on any atom is 0.241 e. The van der Waals surface area contributed by atoms with Gasteiger partial charge in [-0.3, -0.25) is 9.69 Å². The molecule has 3 aromatic carbocycles. The number of hydrogen-bond acceptors (Lipinski definition) is 3. The van der Waals surface area contributed by atoms with Gasteiger partial charge in [0.15, 0.2) is 0 Å². The first kappa shape index (κ1) is 20.2. The Morgan fingerprint density at radius 1 is 0.968 bits per heavy atom. The lowest BCUT2D eigenvalue weighted by molar-refractivity contribution is -0.142. The van der Waals surface area contributed by atoms with E-state index in [2.05, 4.69) is 78.6 Å². The third kappa shape index (κ3) is 3.64. The van der Waals surface area contributed by atoms with Gasteiger partial charge in [-0.1, -0.05) is 72.8 Å². The number of amides is 1. The summed E-state index contributed by atoms with van der Waals surface area (Å²) in [6.07, 6.45) is 2.64. The molecular weight excluding hydrogens is 382 g/mol. The topological polar surface area (TPSA) is 49.6 Å². The van der Waals surface area contributed by atoms with Gasteiger partial charge in [0, 0.05) is 31.2 Å².